The quantitative estimate of drug-likeness (QED) is 0.553. The van der Waals surface area contributed by atoms with Gasteiger partial charge in [-0.25, -0.2) is 0 Å². The second-order valence-corrected chi connectivity index (χ2v) is 6.13. The van der Waals surface area contributed by atoms with Crippen LogP contribution in [0.5, 0.6) is 0 Å². The Bertz CT molecular complexity index is 309. The van der Waals surface area contributed by atoms with Crippen LogP contribution in [-0.4, -0.2) is 79.4 Å². The number of carbonyl (C=O) groups excluding carboxylic acids is 2. The molecular formula is C13H26N4O2S. The zero-order chi connectivity index (χ0) is 14.8. The summed E-state index contributed by atoms with van der Waals surface area (Å²) in [6.07, 6.45) is 1.35. The Kier molecular flexibility index (Phi) is 8.64. The first-order valence-electron chi connectivity index (χ1n) is 7.12. The molecule has 1 fully saturated rings. The largest absolute Gasteiger partial charge is 0.370 e. The molecule has 0 aromatic rings. The molecule has 116 valence electrons. The maximum absolute atomic E-state index is 11.8. The minimum atomic E-state index is -0.311. The molecule has 0 aliphatic carbocycles. The number of carbonyl (C=O) groups is 2. The van der Waals surface area contributed by atoms with Crippen LogP contribution in [-0.2, 0) is 9.59 Å². The third-order valence-electron chi connectivity index (χ3n) is 3.32. The van der Waals surface area contributed by atoms with Gasteiger partial charge in [0, 0.05) is 51.9 Å². The summed E-state index contributed by atoms with van der Waals surface area (Å²) >= 11 is 1.47. The highest BCUT2D eigenvalue weighted by Gasteiger charge is 2.11. The number of piperazine rings is 1. The summed E-state index contributed by atoms with van der Waals surface area (Å²) < 4.78 is 0. The number of amides is 2. The van der Waals surface area contributed by atoms with Crippen molar-refractivity contribution in [1.82, 2.24) is 15.1 Å². The molecule has 0 aromatic heterocycles. The van der Waals surface area contributed by atoms with Crippen LogP contribution < -0.4 is 11.1 Å². The van der Waals surface area contributed by atoms with E-state index in [1.807, 2.05) is 7.05 Å². The molecule has 0 atom stereocenters. The maximum Gasteiger partial charge on any atom is 0.232 e. The minimum Gasteiger partial charge on any atom is -0.370 e. The van der Waals surface area contributed by atoms with Crippen LogP contribution in [0.2, 0.25) is 0 Å². The zero-order valence-electron chi connectivity index (χ0n) is 12.3. The number of nitrogens with two attached hydrogens (primary N) is 1. The number of primary amides is 1. The first-order valence-corrected chi connectivity index (χ1v) is 8.28. The molecule has 1 aliphatic rings. The summed E-state index contributed by atoms with van der Waals surface area (Å²) in [6.45, 7) is 6.16. The number of hydrogen-bond acceptors (Lipinski definition) is 5. The topological polar surface area (TPSA) is 78.7 Å². The van der Waals surface area contributed by atoms with Crippen molar-refractivity contribution in [1.29, 1.82) is 0 Å². The number of rotatable bonds is 9. The monoisotopic (exact) mass is 302 g/mol. The molecule has 2 amide bonds. The Labute approximate surface area is 125 Å². The average molecular weight is 302 g/mol. The summed E-state index contributed by atoms with van der Waals surface area (Å²) in [4.78, 5) is 26.6. The van der Waals surface area contributed by atoms with Gasteiger partial charge in [0.25, 0.3) is 0 Å². The van der Waals surface area contributed by atoms with Crippen LogP contribution in [0.25, 0.3) is 0 Å². The predicted octanol–water partition coefficient (Wildman–Crippen LogP) is -0.651. The lowest BCUT2D eigenvalue weighted by Gasteiger charge is -2.28. The molecule has 0 aromatic carbocycles. The van der Waals surface area contributed by atoms with Gasteiger partial charge in [-0.05, 0) is 13.0 Å². The van der Waals surface area contributed by atoms with Gasteiger partial charge in [0.1, 0.15) is 0 Å². The van der Waals surface area contributed by atoms with Gasteiger partial charge in [0.2, 0.25) is 11.8 Å². The normalized spacial score (nSPS) is 16.1. The van der Waals surface area contributed by atoms with Crippen molar-refractivity contribution in [3.63, 3.8) is 0 Å². The summed E-state index contributed by atoms with van der Waals surface area (Å²) in [5, 5.41) is 3.33. The standard InChI is InChI=1S/C13H26N4O2S/c1-16(13(19)11-20-10-3-12(14)18)6-2-7-17-8-4-15-5-9-17/h15H,2-11H2,1H3,(H2,14,18). The number of hydrogen-bond donors (Lipinski definition) is 2. The highest BCUT2D eigenvalue weighted by molar-refractivity contribution is 7.99. The van der Waals surface area contributed by atoms with E-state index in [0.717, 1.165) is 45.7 Å². The molecule has 6 nitrogen and oxygen atoms in total. The summed E-state index contributed by atoms with van der Waals surface area (Å²) in [5.74, 6) is 0.863. The Hall–Kier alpha value is -0.790. The van der Waals surface area contributed by atoms with E-state index >= 15 is 0 Å². The zero-order valence-corrected chi connectivity index (χ0v) is 13.1. The van der Waals surface area contributed by atoms with Crippen molar-refractivity contribution < 1.29 is 9.59 Å². The van der Waals surface area contributed by atoms with E-state index in [9.17, 15) is 9.59 Å². The number of nitrogens with zero attached hydrogens (tertiary/aromatic N) is 2. The fourth-order valence-electron chi connectivity index (χ4n) is 2.03. The van der Waals surface area contributed by atoms with Crippen LogP contribution in [0.1, 0.15) is 12.8 Å². The lowest BCUT2D eigenvalue weighted by Crippen LogP contribution is -2.44. The maximum atomic E-state index is 11.8. The van der Waals surface area contributed by atoms with Crippen LogP contribution in [0.4, 0.5) is 0 Å². The van der Waals surface area contributed by atoms with E-state index in [2.05, 4.69) is 10.2 Å². The van der Waals surface area contributed by atoms with E-state index in [4.69, 9.17) is 5.73 Å². The molecule has 0 saturated carbocycles. The van der Waals surface area contributed by atoms with Gasteiger partial charge in [-0.2, -0.15) is 11.8 Å². The fourth-order valence-corrected chi connectivity index (χ4v) is 2.92. The lowest BCUT2D eigenvalue weighted by molar-refractivity contribution is -0.127. The van der Waals surface area contributed by atoms with Gasteiger partial charge < -0.3 is 20.9 Å². The molecule has 7 heteroatoms. The van der Waals surface area contributed by atoms with Crippen molar-refractivity contribution in [2.24, 2.45) is 5.73 Å². The Morgan fingerprint density at radius 2 is 2.05 bits per heavy atom. The van der Waals surface area contributed by atoms with Crippen molar-refractivity contribution >= 4 is 23.6 Å². The number of thioether (sulfide) groups is 1. The third-order valence-corrected chi connectivity index (χ3v) is 4.27. The highest BCUT2D eigenvalue weighted by atomic mass is 32.2. The lowest BCUT2D eigenvalue weighted by atomic mass is 10.3. The summed E-state index contributed by atoms with van der Waals surface area (Å²) in [5.41, 5.74) is 5.05. The second-order valence-electron chi connectivity index (χ2n) is 5.03. The first-order chi connectivity index (χ1) is 9.59. The third kappa shape index (κ3) is 7.72. The van der Waals surface area contributed by atoms with Gasteiger partial charge in [0.15, 0.2) is 0 Å². The van der Waals surface area contributed by atoms with Crippen LogP contribution in [0.15, 0.2) is 0 Å². The molecule has 20 heavy (non-hydrogen) atoms. The van der Waals surface area contributed by atoms with Crippen molar-refractivity contribution in [3.8, 4) is 0 Å². The van der Waals surface area contributed by atoms with E-state index in [1.54, 1.807) is 4.90 Å². The van der Waals surface area contributed by atoms with Gasteiger partial charge in [-0.3, -0.25) is 9.59 Å². The van der Waals surface area contributed by atoms with E-state index in [-0.39, 0.29) is 11.8 Å². The fraction of sp³-hybridized carbons (Fsp3) is 0.846. The van der Waals surface area contributed by atoms with Gasteiger partial charge in [-0.1, -0.05) is 0 Å². The second kappa shape index (κ2) is 10.0. The van der Waals surface area contributed by atoms with Crippen molar-refractivity contribution in [2.75, 3.05) is 57.8 Å². The summed E-state index contributed by atoms with van der Waals surface area (Å²) in [7, 11) is 1.84. The number of nitrogens with one attached hydrogen (secondary N) is 1. The molecular weight excluding hydrogens is 276 g/mol. The molecule has 0 radical (unpaired) electrons. The Morgan fingerprint density at radius 1 is 1.35 bits per heavy atom. The van der Waals surface area contributed by atoms with Gasteiger partial charge in [-0.15, -0.1) is 0 Å². The Morgan fingerprint density at radius 3 is 2.70 bits per heavy atom. The Balaban J connectivity index is 2.03. The van der Waals surface area contributed by atoms with Gasteiger partial charge >= 0.3 is 0 Å². The van der Waals surface area contributed by atoms with E-state index < -0.39 is 0 Å². The molecule has 0 spiro atoms. The molecule has 0 bridgehead atoms. The van der Waals surface area contributed by atoms with E-state index in [1.165, 1.54) is 11.8 Å². The van der Waals surface area contributed by atoms with Crippen LogP contribution in [0.3, 0.4) is 0 Å². The molecule has 1 rings (SSSR count). The SMILES string of the molecule is CN(CCCN1CCNCC1)C(=O)CSCCC(N)=O. The van der Waals surface area contributed by atoms with Crippen molar-refractivity contribution in [3.05, 3.63) is 0 Å². The molecule has 0 unspecified atom stereocenters. The molecule has 1 aliphatic heterocycles. The minimum absolute atomic E-state index is 0.125. The van der Waals surface area contributed by atoms with Gasteiger partial charge in [0.05, 0.1) is 5.75 Å². The molecule has 3 N–H and O–H groups in total. The highest BCUT2D eigenvalue weighted by Crippen LogP contribution is 2.04. The average Bonchev–Trinajstić information content (AvgIpc) is 2.44. The van der Waals surface area contributed by atoms with E-state index in [0.29, 0.717) is 17.9 Å². The van der Waals surface area contributed by atoms with Crippen LogP contribution >= 0.6 is 11.8 Å². The summed E-state index contributed by atoms with van der Waals surface area (Å²) in [6, 6.07) is 0. The van der Waals surface area contributed by atoms with Crippen LogP contribution in [0, 0.1) is 0 Å². The molecule has 1 saturated heterocycles. The first kappa shape index (κ1) is 17.3. The molecule has 1 heterocycles. The predicted molar refractivity (Wildman–Crippen MR) is 82.7 cm³/mol. The smallest absolute Gasteiger partial charge is 0.232 e. The van der Waals surface area contributed by atoms with Crippen molar-refractivity contribution in [2.45, 2.75) is 12.8 Å².